The molecule has 8 heteroatoms. The molecular formula is C23H32ClN5OS. The Hall–Kier alpha value is -2.09. The van der Waals surface area contributed by atoms with E-state index >= 15 is 0 Å². The topological polar surface area (TPSA) is 64.0 Å². The number of rotatable bonds is 7. The number of halogens is 1. The number of benzene rings is 1. The maximum absolute atomic E-state index is 6.06. The lowest BCUT2D eigenvalue weighted by Gasteiger charge is -2.16. The van der Waals surface area contributed by atoms with Crippen molar-refractivity contribution < 1.29 is 4.74 Å². The molecule has 0 aliphatic rings. The van der Waals surface area contributed by atoms with E-state index in [-0.39, 0.29) is 17.8 Å². The minimum atomic E-state index is -0.0389. The first-order valence-electron chi connectivity index (χ1n) is 10.3. The molecule has 1 aromatic carbocycles. The van der Waals surface area contributed by atoms with Gasteiger partial charge < -0.3 is 9.64 Å². The normalized spacial score (nSPS) is 11.5. The van der Waals surface area contributed by atoms with Crippen molar-refractivity contribution in [3.8, 4) is 22.5 Å². The monoisotopic (exact) mass is 461 g/mol. The summed E-state index contributed by atoms with van der Waals surface area (Å²) in [6.07, 6.45) is 4.55. The van der Waals surface area contributed by atoms with Crippen LogP contribution in [-0.2, 0) is 11.8 Å². The first-order chi connectivity index (χ1) is 14.2. The van der Waals surface area contributed by atoms with Crippen molar-refractivity contribution in [1.82, 2.24) is 24.2 Å². The van der Waals surface area contributed by atoms with Gasteiger partial charge in [-0.25, -0.2) is 4.98 Å². The maximum atomic E-state index is 6.06. The summed E-state index contributed by atoms with van der Waals surface area (Å²) in [6, 6.07) is 4.31. The van der Waals surface area contributed by atoms with Gasteiger partial charge in [0.1, 0.15) is 11.4 Å². The Morgan fingerprint density at radius 2 is 1.81 bits per heavy atom. The third-order valence-electron chi connectivity index (χ3n) is 5.19. The van der Waals surface area contributed by atoms with Gasteiger partial charge in [-0.05, 0) is 56.6 Å². The first kappa shape index (κ1) is 25.2. The van der Waals surface area contributed by atoms with Gasteiger partial charge in [0, 0.05) is 29.7 Å². The fourth-order valence-electron chi connectivity index (χ4n) is 2.98. The molecule has 2 heterocycles. The summed E-state index contributed by atoms with van der Waals surface area (Å²) in [7, 11) is 2.15. The molecular weight excluding hydrogens is 430 g/mol. The second-order valence-corrected chi connectivity index (χ2v) is 9.43. The molecule has 0 radical (unpaired) electrons. The molecule has 2 aromatic heterocycles. The van der Waals surface area contributed by atoms with Gasteiger partial charge in [0.25, 0.3) is 5.19 Å². The Morgan fingerprint density at radius 1 is 1.06 bits per heavy atom. The number of aryl methyl sites for hydroxylation is 2. The molecule has 0 spiro atoms. The summed E-state index contributed by atoms with van der Waals surface area (Å²) >= 11 is 1.23. The Kier molecular flexibility index (Phi) is 8.51. The predicted octanol–water partition coefficient (Wildman–Crippen LogP) is 5.62. The third kappa shape index (κ3) is 6.45. The van der Waals surface area contributed by atoms with E-state index < -0.39 is 0 Å². The number of hydrogen-bond donors (Lipinski definition) is 0. The summed E-state index contributed by atoms with van der Waals surface area (Å²) in [6.45, 7) is 14.8. The highest BCUT2D eigenvalue weighted by atomic mass is 35.5. The van der Waals surface area contributed by atoms with Gasteiger partial charge in [-0.3, -0.25) is 4.98 Å². The van der Waals surface area contributed by atoms with Gasteiger partial charge in [-0.15, -0.1) is 12.4 Å². The molecule has 3 aromatic rings. The Balaban J connectivity index is 0.00000341. The van der Waals surface area contributed by atoms with Crippen molar-refractivity contribution >= 4 is 23.9 Å². The average Bonchev–Trinajstić information content (AvgIpc) is 3.17. The zero-order valence-corrected chi connectivity index (χ0v) is 21.0. The number of likely N-dealkylation sites (N-methyl/N-ethyl adjacent to an activating group) is 1. The fraction of sp³-hybridized carbons (Fsp3) is 0.478. The number of ether oxygens (including phenoxy) is 1. The summed E-state index contributed by atoms with van der Waals surface area (Å²) in [4.78, 5) is 15.8. The molecule has 0 amide bonds. The standard InChI is InChI=1S/C23H31N5OS.ClH/c1-8-28(7)10-9-17-11-16(3)19(12-15(17)2)29-22-26-21(27-30-22)18-13-25-20(14-24-18)23(4,5)6;/h11-14H,8-10H2,1-7H3;1H. The van der Waals surface area contributed by atoms with E-state index in [9.17, 15) is 0 Å². The smallest absolute Gasteiger partial charge is 0.299 e. The van der Waals surface area contributed by atoms with Gasteiger partial charge in [0.05, 0.1) is 11.9 Å². The highest BCUT2D eigenvalue weighted by Gasteiger charge is 2.17. The fourth-order valence-corrected chi connectivity index (χ4v) is 3.53. The first-order valence-corrected chi connectivity index (χ1v) is 11.1. The Morgan fingerprint density at radius 3 is 2.42 bits per heavy atom. The van der Waals surface area contributed by atoms with Crippen LogP contribution in [0.2, 0.25) is 0 Å². The van der Waals surface area contributed by atoms with E-state index in [1.54, 1.807) is 12.4 Å². The van der Waals surface area contributed by atoms with Crippen molar-refractivity contribution in [3.63, 3.8) is 0 Å². The molecule has 0 bridgehead atoms. The number of hydrogen-bond acceptors (Lipinski definition) is 7. The van der Waals surface area contributed by atoms with Crippen molar-refractivity contribution in [3.05, 3.63) is 46.9 Å². The summed E-state index contributed by atoms with van der Waals surface area (Å²) < 4.78 is 10.5. The van der Waals surface area contributed by atoms with Gasteiger partial charge in [0.15, 0.2) is 5.82 Å². The SMILES string of the molecule is CCN(C)CCc1cc(C)c(Oc2nc(-c3cnc(C(C)(C)C)cn3)ns2)cc1C.Cl. The van der Waals surface area contributed by atoms with Gasteiger partial charge >= 0.3 is 0 Å². The highest BCUT2D eigenvalue weighted by Crippen LogP contribution is 2.31. The van der Waals surface area contributed by atoms with Crippen LogP contribution in [0.25, 0.3) is 11.5 Å². The van der Waals surface area contributed by atoms with Crippen LogP contribution in [0, 0.1) is 13.8 Å². The average molecular weight is 462 g/mol. The van der Waals surface area contributed by atoms with Gasteiger partial charge in [-0.2, -0.15) is 9.36 Å². The lowest BCUT2D eigenvalue weighted by Crippen LogP contribution is -2.20. The van der Waals surface area contributed by atoms with E-state index in [0.717, 1.165) is 36.5 Å². The molecule has 0 saturated heterocycles. The molecule has 6 nitrogen and oxygen atoms in total. The Bertz CT molecular complexity index is 998. The largest absolute Gasteiger partial charge is 0.430 e. The van der Waals surface area contributed by atoms with Crippen LogP contribution in [0.3, 0.4) is 0 Å². The molecule has 3 rings (SSSR count). The molecule has 0 fully saturated rings. The summed E-state index contributed by atoms with van der Waals surface area (Å²) in [5.41, 5.74) is 5.23. The maximum Gasteiger partial charge on any atom is 0.299 e. The van der Waals surface area contributed by atoms with E-state index in [0.29, 0.717) is 16.7 Å². The second-order valence-electron chi connectivity index (χ2n) is 8.71. The second kappa shape index (κ2) is 10.5. The van der Waals surface area contributed by atoms with E-state index in [2.05, 4.69) is 84.9 Å². The quantitative estimate of drug-likeness (QED) is 0.455. The van der Waals surface area contributed by atoms with E-state index in [1.807, 2.05) is 0 Å². The molecule has 31 heavy (non-hydrogen) atoms. The van der Waals surface area contributed by atoms with Crippen LogP contribution in [0.1, 0.15) is 50.1 Å². The van der Waals surface area contributed by atoms with Gasteiger partial charge in [-0.1, -0.05) is 33.8 Å². The van der Waals surface area contributed by atoms with Gasteiger partial charge in [0.2, 0.25) is 0 Å². The summed E-state index contributed by atoms with van der Waals surface area (Å²) in [5.74, 6) is 1.36. The minimum Gasteiger partial charge on any atom is -0.430 e. The van der Waals surface area contributed by atoms with Crippen LogP contribution >= 0.6 is 23.9 Å². The molecule has 168 valence electrons. The molecule has 0 atom stereocenters. The zero-order valence-electron chi connectivity index (χ0n) is 19.4. The van der Waals surface area contributed by atoms with Crippen molar-refractivity contribution in [2.45, 2.75) is 53.4 Å². The van der Waals surface area contributed by atoms with Crippen molar-refractivity contribution in [2.75, 3.05) is 20.1 Å². The van der Waals surface area contributed by atoms with E-state index in [1.165, 1.54) is 22.7 Å². The van der Waals surface area contributed by atoms with Crippen LogP contribution < -0.4 is 4.74 Å². The predicted molar refractivity (Wildman–Crippen MR) is 130 cm³/mol. The van der Waals surface area contributed by atoms with Crippen LogP contribution in [-0.4, -0.2) is 44.4 Å². The third-order valence-corrected chi connectivity index (χ3v) is 5.79. The molecule has 0 saturated carbocycles. The minimum absolute atomic E-state index is 0. The molecule has 0 aliphatic heterocycles. The van der Waals surface area contributed by atoms with Crippen LogP contribution in [0.5, 0.6) is 10.9 Å². The molecule has 0 N–H and O–H groups in total. The lowest BCUT2D eigenvalue weighted by atomic mass is 9.93. The lowest BCUT2D eigenvalue weighted by molar-refractivity contribution is 0.357. The number of nitrogens with zero attached hydrogens (tertiary/aromatic N) is 5. The van der Waals surface area contributed by atoms with Crippen molar-refractivity contribution in [2.24, 2.45) is 0 Å². The highest BCUT2D eigenvalue weighted by molar-refractivity contribution is 7.07. The van der Waals surface area contributed by atoms with E-state index in [4.69, 9.17) is 4.74 Å². The van der Waals surface area contributed by atoms with Crippen molar-refractivity contribution in [1.29, 1.82) is 0 Å². The zero-order chi connectivity index (χ0) is 21.9. The Labute approximate surface area is 195 Å². The van der Waals surface area contributed by atoms with Crippen LogP contribution in [0.15, 0.2) is 24.5 Å². The molecule has 0 unspecified atom stereocenters. The summed E-state index contributed by atoms with van der Waals surface area (Å²) in [5, 5.41) is 0.507. The molecule has 0 aliphatic carbocycles. The number of aromatic nitrogens is 4. The van der Waals surface area contributed by atoms with Crippen LogP contribution in [0.4, 0.5) is 0 Å².